The van der Waals surface area contributed by atoms with Crippen LogP contribution in [0.25, 0.3) is 5.57 Å². The van der Waals surface area contributed by atoms with Gasteiger partial charge in [0.25, 0.3) is 11.8 Å². The minimum atomic E-state index is -0.218. The minimum absolute atomic E-state index is 0.200. The Morgan fingerprint density at radius 1 is 0.879 bits per heavy atom. The fourth-order valence-corrected chi connectivity index (χ4v) is 4.90. The van der Waals surface area contributed by atoms with Crippen LogP contribution in [0.2, 0.25) is 0 Å². The Balaban J connectivity index is 1.60. The molecule has 0 aromatic heterocycles. The van der Waals surface area contributed by atoms with Crippen molar-refractivity contribution in [1.82, 2.24) is 9.80 Å². The number of carbonyl (C=O) groups excluding carboxylic acids is 2. The molecular formula is C28H34N2O3. The van der Waals surface area contributed by atoms with E-state index in [4.69, 9.17) is 4.74 Å². The van der Waals surface area contributed by atoms with Crippen LogP contribution >= 0.6 is 0 Å². The molecule has 2 aliphatic heterocycles. The molecule has 2 heterocycles. The summed E-state index contributed by atoms with van der Waals surface area (Å²) in [6.07, 6.45) is 2.06. The van der Waals surface area contributed by atoms with Gasteiger partial charge in [-0.25, -0.2) is 0 Å². The molecule has 0 aliphatic carbocycles. The third kappa shape index (κ3) is 4.82. The topological polar surface area (TPSA) is 49.9 Å². The molecule has 1 fully saturated rings. The maximum Gasteiger partial charge on any atom is 0.277 e. The number of likely N-dealkylation sites (tertiary alicyclic amines) is 1. The monoisotopic (exact) mass is 446 g/mol. The number of ether oxygens (including phenoxy) is 1. The van der Waals surface area contributed by atoms with Gasteiger partial charge in [0.05, 0.1) is 12.1 Å². The molecule has 33 heavy (non-hydrogen) atoms. The first-order valence-electron chi connectivity index (χ1n) is 11.9. The van der Waals surface area contributed by atoms with Gasteiger partial charge in [-0.2, -0.15) is 0 Å². The van der Waals surface area contributed by atoms with Crippen LogP contribution in [0.5, 0.6) is 5.75 Å². The molecule has 4 rings (SSSR count). The Bertz CT molecular complexity index is 1090. The van der Waals surface area contributed by atoms with Gasteiger partial charge in [0, 0.05) is 13.1 Å². The highest BCUT2D eigenvalue weighted by Gasteiger charge is 2.42. The lowest BCUT2D eigenvalue weighted by atomic mass is 9.95. The first-order valence-corrected chi connectivity index (χ1v) is 11.9. The second kappa shape index (κ2) is 9.42. The predicted octanol–water partition coefficient (Wildman–Crippen LogP) is 4.81. The van der Waals surface area contributed by atoms with Gasteiger partial charge in [0.2, 0.25) is 0 Å². The molecule has 5 heteroatoms. The lowest BCUT2D eigenvalue weighted by Gasteiger charge is -2.32. The highest BCUT2D eigenvalue weighted by molar-refractivity contribution is 6.35. The van der Waals surface area contributed by atoms with E-state index in [0.29, 0.717) is 17.2 Å². The van der Waals surface area contributed by atoms with Crippen LogP contribution in [-0.4, -0.2) is 47.9 Å². The molecule has 0 N–H and O–H groups in total. The number of amides is 2. The van der Waals surface area contributed by atoms with Gasteiger partial charge in [-0.3, -0.25) is 14.5 Å². The van der Waals surface area contributed by atoms with Crippen molar-refractivity contribution in [1.29, 1.82) is 0 Å². The van der Waals surface area contributed by atoms with Gasteiger partial charge in [-0.05, 0) is 80.8 Å². The average molecular weight is 447 g/mol. The second-order valence-corrected chi connectivity index (χ2v) is 9.65. The van der Waals surface area contributed by atoms with E-state index in [9.17, 15) is 9.59 Å². The van der Waals surface area contributed by atoms with Crippen molar-refractivity contribution in [2.24, 2.45) is 5.92 Å². The molecule has 2 amide bonds. The Morgan fingerprint density at radius 3 is 2.18 bits per heavy atom. The molecule has 5 nitrogen and oxygen atoms in total. The van der Waals surface area contributed by atoms with Crippen molar-refractivity contribution in [3.63, 3.8) is 0 Å². The second-order valence-electron chi connectivity index (χ2n) is 9.65. The van der Waals surface area contributed by atoms with Crippen molar-refractivity contribution < 1.29 is 14.3 Å². The molecule has 0 atom stereocenters. The number of rotatable bonds is 6. The smallest absolute Gasteiger partial charge is 0.277 e. The standard InChI is InChI=1S/C28H34N2O3/c1-18-8-10-29(11-9-18)26-25(24-7-6-19(2)15-22(24)5)27(31)30(28(26)32)12-13-33-23-16-20(3)14-21(4)17-23/h6-7,14-18H,8-13H2,1-5H3. The van der Waals surface area contributed by atoms with Crippen LogP contribution in [0.1, 0.15) is 47.6 Å². The first kappa shape index (κ1) is 23.1. The molecule has 2 aliphatic rings. The van der Waals surface area contributed by atoms with E-state index in [-0.39, 0.29) is 25.0 Å². The zero-order valence-corrected chi connectivity index (χ0v) is 20.4. The SMILES string of the molecule is Cc1cc(C)cc(OCCN2C(=O)C(c3ccc(C)cc3C)=C(N3CCC(C)CC3)C2=O)c1. The summed E-state index contributed by atoms with van der Waals surface area (Å²) in [6.45, 7) is 12.4. The number of piperidine rings is 1. The molecule has 0 spiro atoms. The third-order valence-electron chi connectivity index (χ3n) is 6.67. The van der Waals surface area contributed by atoms with E-state index in [0.717, 1.165) is 59.5 Å². The fourth-order valence-electron chi connectivity index (χ4n) is 4.90. The summed E-state index contributed by atoms with van der Waals surface area (Å²) in [6, 6.07) is 12.1. The van der Waals surface area contributed by atoms with Gasteiger partial charge < -0.3 is 9.64 Å². The molecule has 1 saturated heterocycles. The number of carbonyl (C=O) groups is 2. The van der Waals surface area contributed by atoms with Gasteiger partial charge >= 0.3 is 0 Å². The van der Waals surface area contributed by atoms with Crippen molar-refractivity contribution >= 4 is 17.4 Å². The summed E-state index contributed by atoms with van der Waals surface area (Å²) in [5, 5.41) is 0. The lowest BCUT2D eigenvalue weighted by molar-refractivity contribution is -0.138. The van der Waals surface area contributed by atoms with Crippen LogP contribution in [0.4, 0.5) is 0 Å². The highest BCUT2D eigenvalue weighted by atomic mass is 16.5. The maximum atomic E-state index is 13.6. The van der Waals surface area contributed by atoms with Crippen LogP contribution in [0, 0.1) is 33.6 Å². The largest absolute Gasteiger partial charge is 0.492 e. The maximum absolute atomic E-state index is 13.6. The van der Waals surface area contributed by atoms with E-state index >= 15 is 0 Å². The van der Waals surface area contributed by atoms with E-state index < -0.39 is 0 Å². The van der Waals surface area contributed by atoms with Crippen LogP contribution in [-0.2, 0) is 9.59 Å². The molecule has 0 bridgehead atoms. The summed E-state index contributed by atoms with van der Waals surface area (Å²) < 4.78 is 5.92. The Kier molecular flexibility index (Phi) is 6.59. The van der Waals surface area contributed by atoms with Gasteiger partial charge in [-0.1, -0.05) is 36.8 Å². The van der Waals surface area contributed by atoms with Crippen LogP contribution in [0.3, 0.4) is 0 Å². The predicted molar refractivity (Wildman–Crippen MR) is 131 cm³/mol. The van der Waals surface area contributed by atoms with E-state index in [2.05, 4.69) is 24.0 Å². The normalized spacial score (nSPS) is 17.4. The van der Waals surface area contributed by atoms with Gasteiger partial charge in [0.15, 0.2) is 0 Å². The molecule has 2 aromatic carbocycles. The van der Waals surface area contributed by atoms with E-state index in [1.807, 2.05) is 52.0 Å². The molecule has 174 valence electrons. The molecular weight excluding hydrogens is 412 g/mol. The van der Waals surface area contributed by atoms with E-state index in [1.165, 1.54) is 4.90 Å². The number of imide groups is 1. The van der Waals surface area contributed by atoms with Crippen molar-refractivity contribution in [2.45, 2.75) is 47.5 Å². The minimum Gasteiger partial charge on any atom is -0.492 e. The highest BCUT2D eigenvalue weighted by Crippen LogP contribution is 2.35. The number of nitrogens with zero attached hydrogens (tertiary/aromatic N) is 2. The van der Waals surface area contributed by atoms with Crippen molar-refractivity contribution in [2.75, 3.05) is 26.2 Å². The Hall–Kier alpha value is -3.08. The molecule has 0 unspecified atom stereocenters. The number of hydrogen-bond acceptors (Lipinski definition) is 4. The molecule has 2 aromatic rings. The van der Waals surface area contributed by atoms with Crippen LogP contribution < -0.4 is 4.74 Å². The Labute approximate surface area is 197 Å². The summed E-state index contributed by atoms with van der Waals surface area (Å²) in [4.78, 5) is 30.6. The van der Waals surface area contributed by atoms with Crippen LogP contribution in [0.15, 0.2) is 42.1 Å². The first-order chi connectivity index (χ1) is 15.7. The summed E-state index contributed by atoms with van der Waals surface area (Å²) in [5.74, 6) is 0.985. The van der Waals surface area contributed by atoms with Crippen molar-refractivity contribution in [3.8, 4) is 5.75 Å². The number of hydrogen-bond donors (Lipinski definition) is 0. The fraction of sp³-hybridized carbons (Fsp3) is 0.429. The van der Waals surface area contributed by atoms with E-state index in [1.54, 1.807) is 0 Å². The lowest BCUT2D eigenvalue weighted by Crippen LogP contribution is -2.39. The third-order valence-corrected chi connectivity index (χ3v) is 6.67. The Morgan fingerprint density at radius 2 is 1.55 bits per heavy atom. The summed E-state index contributed by atoms with van der Waals surface area (Å²) in [5.41, 5.74) is 6.36. The number of benzene rings is 2. The number of aryl methyl sites for hydroxylation is 4. The molecule has 0 radical (unpaired) electrons. The van der Waals surface area contributed by atoms with Gasteiger partial charge in [0.1, 0.15) is 18.1 Å². The summed E-state index contributed by atoms with van der Waals surface area (Å²) in [7, 11) is 0. The average Bonchev–Trinajstić information content (AvgIpc) is 2.98. The van der Waals surface area contributed by atoms with Gasteiger partial charge in [-0.15, -0.1) is 0 Å². The zero-order valence-electron chi connectivity index (χ0n) is 20.4. The molecule has 0 saturated carbocycles. The quantitative estimate of drug-likeness (QED) is 0.598. The zero-order chi connectivity index (χ0) is 23.7. The van der Waals surface area contributed by atoms with Crippen molar-refractivity contribution in [3.05, 3.63) is 69.9 Å². The summed E-state index contributed by atoms with van der Waals surface area (Å²) >= 11 is 0.